The van der Waals surface area contributed by atoms with Gasteiger partial charge >= 0.3 is 0 Å². The Labute approximate surface area is 171 Å². The first kappa shape index (κ1) is 20.7. The van der Waals surface area contributed by atoms with E-state index in [1.807, 2.05) is 0 Å². The zero-order chi connectivity index (χ0) is 21.8. The third kappa shape index (κ3) is 4.35. The van der Waals surface area contributed by atoms with E-state index < -0.39 is 17.6 Å². The number of nitrogens with one attached hydrogen (secondary N) is 4. The normalized spacial score (nSPS) is 10.4. The first-order valence-corrected chi connectivity index (χ1v) is 9.05. The van der Waals surface area contributed by atoms with Crippen LogP contribution in [-0.2, 0) is 0 Å². The lowest BCUT2D eigenvalue weighted by Gasteiger charge is -2.11. The maximum atomic E-state index is 13.4. The minimum Gasteiger partial charge on any atom is -0.354 e. The molecule has 154 valence electrons. The SMILES string of the molecule is CNC(=O)c1[nH]cnc1C(=O)Nc1ccc(NC(=O)c2c(C)cc(F)cc2C)cc1. The van der Waals surface area contributed by atoms with Gasteiger partial charge in [0.05, 0.1) is 6.33 Å². The fourth-order valence-corrected chi connectivity index (χ4v) is 3.05. The highest BCUT2D eigenvalue weighted by atomic mass is 19.1. The van der Waals surface area contributed by atoms with Gasteiger partial charge in [-0.3, -0.25) is 14.4 Å². The van der Waals surface area contributed by atoms with Gasteiger partial charge in [0.1, 0.15) is 11.5 Å². The van der Waals surface area contributed by atoms with E-state index in [-0.39, 0.29) is 17.3 Å². The summed E-state index contributed by atoms with van der Waals surface area (Å²) in [5.41, 5.74) is 2.48. The molecule has 8 nitrogen and oxygen atoms in total. The molecule has 30 heavy (non-hydrogen) atoms. The highest BCUT2D eigenvalue weighted by Crippen LogP contribution is 2.20. The average Bonchev–Trinajstić information content (AvgIpc) is 3.18. The standard InChI is InChI=1S/C21H20FN5O3/c1-11-8-13(22)9-12(2)16(11)19(28)26-14-4-6-15(7-5-14)27-21(30)18-17(20(29)23-3)24-10-25-18/h4-10H,1-3H3,(H,23,29)(H,24,25)(H,26,28)(H,27,30). The Balaban J connectivity index is 1.70. The van der Waals surface area contributed by atoms with Gasteiger partial charge in [-0.25, -0.2) is 9.37 Å². The predicted octanol–water partition coefficient (Wildman–Crippen LogP) is 3.03. The monoisotopic (exact) mass is 409 g/mol. The van der Waals surface area contributed by atoms with Gasteiger partial charge in [-0.2, -0.15) is 0 Å². The number of hydrogen-bond acceptors (Lipinski definition) is 4. The second-order valence-corrected chi connectivity index (χ2v) is 6.61. The van der Waals surface area contributed by atoms with E-state index in [0.29, 0.717) is 28.1 Å². The van der Waals surface area contributed by atoms with Crippen LogP contribution >= 0.6 is 0 Å². The Hall–Kier alpha value is -4.01. The number of imidazole rings is 1. The van der Waals surface area contributed by atoms with Crippen LogP contribution in [0.1, 0.15) is 42.5 Å². The van der Waals surface area contributed by atoms with Crippen molar-refractivity contribution in [1.29, 1.82) is 0 Å². The Bertz CT molecular complexity index is 1100. The van der Waals surface area contributed by atoms with E-state index in [0.717, 1.165) is 0 Å². The number of halogens is 1. The minimum absolute atomic E-state index is 0.0333. The quantitative estimate of drug-likeness (QED) is 0.518. The van der Waals surface area contributed by atoms with Crippen LogP contribution < -0.4 is 16.0 Å². The van der Waals surface area contributed by atoms with Gasteiger partial charge in [0.2, 0.25) is 0 Å². The number of carbonyl (C=O) groups is 3. The van der Waals surface area contributed by atoms with Crippen molar-refractivity contribution in [2.75, 3.05) is 17.7 Å². The summed E-state index contributed by atoms with van der Waals surface area (Å²) in [6, 6.07) is 9.05. The second-order valence-electron chi connectivity index (χ2n) is 6.61. The minimum atomic E-state index is -0.552. The molecule has 0 bridgehead atoms. The van der Waals surface area contributed by atoms with Gasteiger partial charge in [-0.1, -0.05) is 0 Å². The number of aromatic nitrogens is 2. The second kappa shape index (κ2) is 8.56. The Kier molecular flexibility index (Phi) is 5.91. The molecule has 0 saturated heterocycles. The molecule has 0 spiro atoms. The van der Waals surface area contributed by atoms with E-state index in [4.69, 9.17) is 0 Å². The smallest absolute Gasteiger partial charge is 0.276 e. The molecule has 0 atom stereocenters. The third-order valence-corrected chi connectivity index (χ3v) is 4.43. The fraction of sp³-hybridized carbons (Fsp3) is 0.143. The summed E-state index contributed by atoms with van der Waals surface area (Å²) in [6.07, 6.45) is 1.26. The van der Waals surface area contributed by atoms with Gasteiger partial charge in [0, 0.05) is 24.0 Å². The average molecular weight is 409 g/mol. The number of carbonyl (C=O) groups excluding carboxylic acids is 3. The van der Waals surface area contributed by atoms with E-state index >= 15 is 0 Å². The van der Waals surface area contributed by atoms with Crippen molar-refractivity contribution in [3.63, 3.8) is 0 Å². The highest BCUT2D eigenvalue weighted by Gasteiger charge is 2.19. The molecule has 9 heteroatoms. The number of rotatable bonds is 5. The molecule has 0 aliphatic heterocycles. The third-order valence-electron chi connectivity index (χ3n) is 4.43. The largest absolute Gasteiger partial charge is 0.354 e. The molecule has 3 amide bonds. The lowest BCUT2D eigenvalue weighted by molar-refractivity contribution is 0.0943. The van der Waals surface area contributed by atoms with E-state index in [2.05, 4.69) is 25.9 Å². The van der Waals surface area contributed by atoms with Crippen LogP contribution in [0.3, 0.4) is 0 Å². The molecule has 1 heterocycles. The highest BCUT2D eigenvalue weighted by molar-refractivity contribution is 6.10. The summed E-state index contributed by atoms with van der Waals surface area (Å²) in [5.74, 6) is -1.75. The molecular weight excluding hydrogens is 389 g/mol. The number of aryl methyl sites for hydroxylation is 2. The summed E-state index contributed by atoms with van der Waals surface area (Å²) in [4.78, 5) is 43.2. The summed E-state index contributed by atoms with van der Waals surface area (Å²) in [6.45, 7) is 3.34. The van der Waals surface area contributed by atoms with E-state index in [9.17, 15) is 18.8 Å². The number of benzene rings is 2. The molecule has 2 aromatic carbocycles. The van der Waals surface area contributed by atoms with Crippen molar-refractivity contribution in [2.45, 2.75) is 13.8 Å². The molecule has 0 unspecified atom stereocenters. The molecule has 3 rings (SSSR count). The summed E-state index contributed by atoms with van der Waals surface area (Å²) < 4.78 is 13.4. The Morgan fingerprint density at radius 1 is 0.900 bits per heavy atom. The topological polar surface area (TPSA) is 116 Å². The molecule has 0 aliphatic carbocycles. The van der Waals surface area contributed by atoms with Crippen molar-refractivity contribution in [1.82, 2.24) is 15.3 Å². The van der Waals surface area contributed by atoms with Crippen LogP contribution in [0.15, 0.2) is 42.7 Å². The fourth-order valence-electron chi connectivity index (χ4n) is 3.05. The zero-order valence-electron chi connectivity index (χ0n) is 16.6. The van der Waals surface area contributed by atoms with Gasteiger partial charge in [0.25, 0.3) is 17.7 Å². The van der Waals surface area contributed by atoms with Gasteiger partial charge in [-0.15, -0.1) is 0 Å². The number of H-pyrrole nitrogens is 1. The number of amides is 3. The Morgan fingerprint density at radius 2 is 1.43 bits per heavy atom. The number of hydrogen-bond donors (Lipinski definition) is 4. The van der Waals surface area contributed by atoms with Crippen molar-refractivity contribution < 1.29 is 18.8 Å². The van der Waals surface area contributed by atoms with Gasteiger partial charge in [0.15, 0.2) is 5.69 Å². The van der Waals surface area contributed by atoms with Crippen LogP contribution in [0.4, 0.5) is 15.8 Å². The molecule has 1 aromatic heterocycles. The lowest BCUT2D eigenvalue weighted by atomic mass is 10.0. The van der Waals surface area contributed by atoms with Crippen molar-refractivity contribution >= 4 is 29.1 Å². The molecule has 3 aromatic rings. The summed E-state index contributed by atoms with van der Waals surface area (Å²) in [5, 5.41) is 7.82. The number of anilines is 2. The maximum Gasteiger partial charge on any atom is 0.276 e. The molecular formula is C21H20FN5O3. The predicted molar refractivity (Wildman–Crippen MR) is 110 cm³/mol. The van der Waals surface area contributed by atoms with Crippen molar-refractivity contribution in [3.05, 3.63) is 76.6 Å². The summed E-state index contributed by atoms with van der Waals surface area (Å²) in [7, 11) is 1.45. The zero-order valence-corrected chi connectivity index (χ0v) is 16.6. The number of nitrogens with zero attached hydrogens (tertiary/aromatic N) is 1. The van der Waals surface area contributed by atoms with Crippen LogP contribution in [-0.4, -0.2) is 34.7 Å². The molecule has 0 aliphatic rings. The van der Waals surface area contributed by atoms with Crippen LogP contribution in [0, 0.1) is 19.7 Å². The molecule has 4 N–H and O–H groups in total. The van der Waals surface area contributed by atoms with Crippen molar-refractivity contribution in [3.8, 4) is 0 Å². The molecule has 0 fully saturated rings. The first-order valence-electron chi connectivity index (χ1n) is 9.05. The van der Waals surface area contributed by atoms with E-state index in [1.54, 1.807) is 38.1 Å². The van der Waals surface area contributed by atoms with Crippen LogP contribution in [0.5, 0.6) is 0 Å². The first-order chi connectivity index (χ1) is 14.3. The summed E-state index contributed by atoms with van der Waals surface area (Å²) >= 11 is 0. The lowest BCUT2D eigenvalue weighted by Crippen LogP contribution is -2.23. The maximum absolute atomic E-state index is 13.4. The van der Waals surface area contributed by atoms with E-state index in [1.165, 1.54) is 25.5 Å². The number of aromatic amines is 1. The van der Waals surface area contributed by atoms with Crippen LogP contribution in [0.25, 0.3) is 0 Å². The van der Waals surface area contributed by atoms with Gasteiger partial charge < -0.3 is 20.9 Å². The van der Waals surface area contributed by atoms with Gasteiger partial charge in [-0.05, 0) is 61.4 Å². The molecule has 0 saturated carbocycles. The van der Waals surface area contributed by atoms with Crippen molar-refractivity contribution in [2.24, 2.45) is 0 Å². The molecule has 0 radical (unpaired) electrons. The Morgan fingerprint density at radius 3 is 1.97 bits per heavy atom. The van der Waals surface area contributed by atoms with Crippen LogP contribution in [0.2, 0.25) is 0 Å².